The van der Waals surface area contributed by atoms with Crippen LogP contribution in [-0.2, 0) is 28.3 Å². The number of benzene rings is 3. The molecule has 1 atom stereocenters. The largest absolute Gasteiger partial charge is 0.355 e. The first-order chi connectivity index (χ1) is 16.5. The number of rotatable bonds is 11. The molecular weight excluding hydrogens is 464 g/mol. The fourth-order valence-electron chi connectivity index (χ4n) is 3.76. The van der Waals surface area contributed by atoms with Gasteiger partial charge >= 0.3 is 0 Å². The smallest absolute Gasteiger partial charge is 0.243 e. The lowest BCUT2D eigenvalue weighted by atomic mass is 10.0. The molecule has 3 rings (SSSR count). The van der Waals surface area contributed by atoms with Crippen molar-refractivity contribution in [3.05, 3.63) is 106 Å². The number of nitrogens with one attached hydrogen (secondary N) is 1. The van der Waals surface area contributed by atoms with Crippen LogP contribution in [0.1, 0.15) is 29.2 Å². The molecule has 0 unspecified atom stereocenters. The molecule has 3 aromatic carbocycles. The van der Waals surface area contributed by atoms with Crippen LogP contribution >= 0.6 is 23.4 Å². The quantitative estimate of drug-likeness (QED) is 0.374. The van der Waals surface area contributed by atoms with Crippen LogP contribution in [0.3, 0.4) is 0 Å². The number of hydrogen-bond donors (Lipinski definition) is 1. The van der Waals surface area contributed by atoms with E-state index < -0.39 is 6.04 Å². The zero-order chi connectivity index (χ0) is 24.3. The molecule has 0 aliphatic rings. The number of hydrogen-bond acceptors (Lipinski definition) is 3. The Morgan fingerprint density at radius 3 is 2.26 bits per heavy atom. The predicted molar refractivity (Wildman–Crippen MR) is 142 cm³/mol. The van der Waals surface area contributed by atoms with E-state index in [1.165, 1.54) is 11.1 Å². The molecule has 0 aliphatic carbocycles. The zero-order valence-corrected chi connectivity index (χ0v) is 21.2. The van der Waals surface area contributed by atoms with Crippen molar-refractivity contribution >= 4 is 35.2 Å². The van der Waals surface area contributed by atoms with Gasteiger partial charge in [-0.25, -0.2) is 0 Å². The van der Waals surface area contributed by atoms with Gasteiger partial charge in [0.25, 0.3) is 0 Å². The predicted octanol–water partition coefficient (Wildman–Crippen LogP) is 5.66. The van der Waals surface area contributed by atoms with Gasteiger partial charge in [-0.2, -0.15) is 0 Å². The summed E-state index contributed by atoms with van der Waals surface area (Å²) in [6.07, 6.45) is 0.436. The van der Waals surface area contributed by atoms with Crippen molar-refractivity contribution in [2.24, 2.45) is 0 Å². The van der Waals surface area contributed by atoms with Crippen molar-refractivity contribution in [1.82, 2.24) is 10.2 Å². The fraction of sp³-hybridized carbons (Fsp3) is 0.286. The van der Waals surface area contributed by atoms with Crippen LogP contribution in [0.15, 0.2) is 78.9 Å². The molecule has 0 heterocycles. The maximum atomic E-state index is 13.6. The van der Waals surface area contributed by atoms with Crippen LogP contribution in [0.2, 0.25) is 5.02 Å². The summed E-state index contributed by atoms with van der Waals surface area (Å²) in [6.45, 7) is 4.74. The van der Waals surface area contributed by atoms with Gasteiger partial charge in [-0.15, -0.1) is 11.8 Å². The van der Waals surface area contributed by atoms with Gasteiger partial charge in [-0.05, 0) is 42.2 Å². The van der Waals surface area contributed by atoms with Crippen molar-refractivity contribution < 1.29 is 9.59 Å². The van der Waals surface area contributed by atoms with Crippen LogP contribution in [0.25, 0.3) is 0 Å². The molecular formula is C28H31ClN2O2S. The molecule has 0 saturated heterocycles. The molecule has 0 radical (unpaired) electrons. The van der Waals surface area contributed by atoms with Crippen LogP contribution in [0.5, 0.6) is 0 Å². The number of carbonyl (C=O) groups is 2. The van der Waals surface area contributed by atoms with Gasteiger partial charge in [-0.1, -0.05) is 84.4 Å². The lowest BCUT2D eigenvalue weighted by Crippen LogP contribution is -2.51. The topological polar surface area (TPSA) is 49.4 Å². The van der Waals surface area contributed by atoms with E-state index in [2.05, 4.69) is 24.4 Å². The zero-order valence-electron chi connectivity index (χ0n) is 19.7. The summed E-state index contributed by atoms with van der Waals surface area (Å²) in [5, 5.41) is 3.50. The van der Waals surface area contributed by atoms with Gasteiger partial charge in [0.1, 0.15) is 6.04 Å². The molecule has 0 aromatic heterocycles. The maximum Gasteiger partial charge on any atom is 0.243 e. The van der Waals surface area contributed by atoms with E-state index >= 15 is 0 Å². The van der Waals surface area contributed by atoms with E-state index in [0.717, 1.165) is 16.9 Å². The van der Waals surface area contributed by atoms with E-state index in [-0.39, 0.29) is 24.1 Å². The molecule has 3 aromatic rings. The SMILES string of the molecule is CCNC(=O)[C@@H](Cc1ccccc1)N(Cc1ccccc1Cl)C(=O)CSCc1ccccc1C. The van der Waals surface area contributed by atoms with E-state index in [0.29, 0.717) is 18.0 Å². The van der Waals surface area contributed by atoms with Crippen LogP contribution in [-0.4, -0.2) is 35.1 Å². The average Bonchev–Trinajstić information content (AvgIpc) is 2.84. The summed E-state index contributed by atoms with van der Waals surface area (Å²) in [6, 6.07) is 24.8. The normalized spacial score (nSPS) is 11.6. The molecule has 4 nitrogen and oxygen atoms in total. The lowest BCUT2D eigenvalue weighted by molar-refractivity contribution is -0.139. The molecule has 0 fully saturated rings. The molecule has 2 amide bonds. The number of carbonyl (C=O) groups excluding carboxylic acids is 2. The highest BCUT2D eigenvalue weighted by molar-refractivity contribution is 7.99. The third kappa shape index (κ3) is 7.37. The van der Waals surface area contributed by atoms with E-state index in [1.807, 2.05) is 73.7 Å². The third-order valence-electron chi connectivity index (χ3n) is 5.66. The second-order valence-electron chi connectivity index (χ2n) is 8.13. The highest BCUT2D eigenvalue weighted by atomic mass is 35.5. The van der Waals surface area contributed by atoms with Gasteiger partial charge < -0.3 is 10.2 Å². The Bertz CT molecular complexity index is 1090. The van der Waals surface area contributed by atoms with Gasteiger partial charge in [0.05, 0.1) is 5.75 Å². The summed E-state index contributed by atoms with van der Waals surface area (Å²) in [5.41, 5.74) is 4.24. The number of halogens is 1. The molecule has 0 spiro atoms. The van der Waals surface area contributed by atoms with Crippen molar-refractivity contribution in [3.63, 3.8) is 0 Å². The van der Waals surface area contributed by atoms with Gasteiger partial charge in [0.2, 0.25) is 11.8 Å². The highest BCUT2D eigenvalue weighted by Gasteiger charge is 2.30. The van der Waals surface area contributed by atoms with Crippen molar-refractivity contribution in [1.29, 1.82) is 0 Å². The Morgan fingerprint density at radius 2 is 1.59 bits per heavy atom. The summed E-state index contributed by atoms with van der Waals surface area (Å²) in [7, 11) is 0. The third-order valence-corrected chi connectivity index (χ3v) is 7.00. The Labute approximate surface area is 211 Å². The molecule has 1 N–H and O–H groups in total. The Hall–Kier alpha value is -2.76. The second kappa shape index (κ2) is 13.2. The first kappa shape index (κ1) is 25.9. The summed E-state index contributed by atoms with van der Waals surface area (Å²) < 4.78 is 0. The summed E-state index contributed by atoms with van der Waals surface area (Å²) in [5.74, 6) is 0.785. The highest BCUT2D eigenvalue weighted by Crippen LogP contribution is 2.22. The minimum atomic E-state index is -0.634. The number of thioether (sulfide) groups is 1. The van der Waals surface area contributed by atoms with Gasteiger partial charge in [0.15, 0.2) is 0 Å². The standard InChI is InChI=1S/C28H31ClN2O2S/c1-3-30-28(33)26(17-22-12-5-4-6-13-22)31(18-23-14-9-10-16-25(23)29)27(32)20-34-19-24-15-8-7-11-21(24)2/h4-16,26H,3,17-20H2,1-2H3,(H,30,33)/t26-/m1/s1. The lowest BCUT2D eigenvalue weighted by Gasteiger charge is -2.31. The minimum absolute atomic E-state index is 0.0781. The van der Waals surface area contributed by atoms with Gasteiger partial charge in [-0.3, -0.25) is 9.59 Å². The van der Waals surface area contributed by atoms with E-state index in [4.69, 9.17) is 11.6 Å². The molecule has 0 aliphatic heterocycles. The van der Waals surface area contributed by atoms with Crippen LogP contribution in [0.4, 0.5) is 0 Å². The molecule has 0 bridgehead atoms. The number of likely N-dealkylation sites (N-methyl/N-ethyl adjacent to an activating group) is 1. The number of aryl methyl sites for hydroxylation is 1. The second-order valence-corrected chi connectivity index (χ2v) is 9.53. The minimum Gasteiger partial charge on any atom is -0.355 e. The number of amides is 2. The monoisotopic (exact) mass is 494 g/mol. The van der Waals surface area contributed by atoms with Crippen LogP contribution < -0.4 is 5.32 Å². The summed E-state index contributed by atoms with van der Waals surface area (Å²) >= 11 is 8.00. The first-order valence-electron chi connectivity index (χ1n) is 11.5. The maximum absolute atomic E-state index is 13.6. The van der Waals surface area contributed by atoms with Gasteiger partial charge in [0, 0.05) is 30.3 Å². The van der Waals surface area contributed by atoms with Crippen LogP contribution in [0, 0.1) is 6.92 Å². The molecule has 34 heavy (non-hydrogen) atoms. The molecule has 0 saturated carbocycles. The van der Waals surface area contributed by atoms with Crippen molar-refractivity contribution in [3.8, 4) is 0 Å². The van der Waals surface area contributed by atoms with Crippen molar-refractivity contribution in [2.45, 2.75) is 38.6 Å². The van der Waals surface area contributed by atoms with E-state index in [9.17, 15) is 9.59 Å². The average molecular weight is 495 g/mol. The number of nitrogens with zero attached hydrogens (tertiary/aromatic N) is 1. The Kier molecular flexibility index (Phi) is 10.0. The molecule has 6 heteroatoms. The Balaban J connectivity index is 1.84. The van der Waals surface area contributed by atoms with Crippen molar-refractivity contribution in [2.75, 3.05) is 12.3 Å². The van der Waals surface area contributed by atoms with E-state index in [1.54, 1.807) is 16.7 Å². The fourth-order valence-corrected chi connectivity index (χ4v) is 4.94. The Morgan fingerprint density at radius 1 is 0.941 bits per heavy atom. The summed E-state index contributed by atoms with van der Waals surface area (Å²) in [4.78, 5) is 28.4. The molecule has 178 valence electrons. The first-order valence-corrected chi connectivity index (χ1v) is 13.0.